The van der Waals surface area contributed by atoms with Crippen LogP contribution in [0.3, 0.4) is 0 Å². The second-order valence-electron chi connectivity index (χ2n) is 3.42. The zero-order chi connectivity index (χ0) is 10.2. The van der Waals surface area contributed by atoms with Crippen molar-refractivity contribution in [1.29, 1.82) is 0 Å². The topological polar surface area (TPSA) is 12.0 Å². The van der Waals surface area contributed by atoms with Crippen molar-refractivity contribution in [1.82, 2.24) is 5.32 Å². The summed E-state index contributed by atoms with van der Waals surface area (Å²) in [5.74, 6) is -3.23. The van der Waals surface area contributed by atoms with Crippen molar-refractivity contribution in [3.63, 3.8) is 0 Å². The number of hydrogen-bond donors (Lipinski definition) is 1. The predicted octanol–water partition coefficient (Wildman–Crippen LogP) is 3.21. The van der Waals surface area contributed by atoms with Gasteiger partial charge in [0, 0.05) is 12.5 Å². The Morgan fingerprint density at radius 3 is 2.79 bits per heavy atom. The van der Waals surface area contributed by atoms with E-state index in [1.54, 1.807) is 6.07 Å². The van der Waals surface area contributed by atoms with Crippen LogP contribution in [0.4, 0.5) is 8.78 Å². The van der Waals surface area contributed by atoms with Crippen LogP contribution in [0.1, 0.15) is 11.3 Å². The molecule has 1 aromatic rings. The first-order valence-electron chi connectivity index (χ1n) is 4.45. The molecule has 1 unspecified atom stereocenters. The van der Waals surface area contributed by atoms with Crippen LogP contribution in [0, 0.1) is 5.92 Å². The summed E-state index contributed by atoms with van der Waals surface area (Å²) in [6.45, 7) is 1.12. The Balaban J connectivity index is 2.22. The molecule has 0 aliphatic carbocycles. The number of thiophene rings is 1. The SMILES string of the molecule is FC(F)(c1ccc(Br)s1)C1CCNC1. The molecular weight excluding hydrogens is 272 g/mol. The highest BCUT2D eigenvalue weighted by atomic mass is 79.9. The molecule has 78 valence electrons. The van der Waals surface area contributed by atoms with Gasteiger partial charge in [0.25, 0.3) is 5.92 Å². The molecular formula is C9H10BrF2NS. The number of rotatable bonds is 2. The van der Waals surface area contributed by atoms with Gasteiger partial charge in [0.1, 0.15) is 0 Å². The van der Waals surface area contributed by atoms with E-state index < -0.39 is 11.8 Å². The summed E-state index contributed by atoms with van der Waals surface area (Å²) in [6, 6.07) is 3.18. The minimum atomic E-state index is -2.68. The molecule has 0 radical (unpaired) electrons. The van der Waals surface area contributed by atoms with Crippen molar-refractivity contribution in [2.24, 2.45) is 5.92 Å². The van der Waals surface area contributed by atoms with E-state index in [-0.39, 0.29) is 4.88 Å². The highest BCUT2D eigenvalue weighted by Crippen LogP contribution is 2.43. The number of alkyl halides is 2. The summed E-state index contributed by atoms with van der Waals surface area (Å²) < 4.78 is 28.4. The van der Waals surface area contributed by atoms with Gasteiger partial charge >= 0.3 is 0 Å². The van der Waals surface area contributed by atoms with Crippen LogP contribution in [0.15, 0.2) is 15.9 Å². The van der Waals surface area contributed by atoms with Crippen LogP contribution >= 0.6 is 27.3 Å². The van der Waals surface area contributed by atoms with Crippen LogP contribution in [0.5, 0.6) is 0 Å². The van der Waals surface area contributed by atoms with Crippen molar-refractivity contribution < 1.29 is 8.78 Å². The summed E-state index contributed by atoms with van der Waals surface area (Å²) in [6.07, 6.45) is 0.558. The lowest BCUT2D eigenvalue weighted by Crippen LogP contribution is -2.26. The van der Waals surface area contributed by atoms with E-state index in [2.05, 4.69) is 21.2 Å². The number of hydrogen-bond acceptors (Lipinski definition) is 2. The first-order chi connectivity index (χ1) is 6.60. The van der Waals surface area contributed by atoms with E-state index >= 15 is 0 Å². The third-order valence-electron chi connectivity index (χ3n) is 2.47. The molecule has 1 nitrogen and oxygen atoms in total. The van der Waals surface area contributed by atoms with Crippen molar-refractivity contribution >= 4 is 27.3 Å². The zero-order valence-electron chi connectivity index (χ0n) is 7.40. The van der Waals surface area contributed by atoms with Crippen molar-refractivity contribution in [2.75, 3.05) is 13.1 Å². The van der Waals surface area contributed by atoms with Gasteiger partial charge < -0.3 is 5.32 Å². The minimum Gasteiger partial charge on any atom is -0.316 e. The summed E-state index contributed by atoms with van der Waals surface area (Å²) in [4.78, 5) is 0.165. The van der Waals surface area contributed by atoms with Gasteiger partial charge in [-0.2, -0.15) is 0 Å². The molecule has 1 aliphatic heterocycles. The van der Waals surface area contributed by atoms with Crippen molar-refractivity contribution in [2.45, 2.75) is 12.3 Å². The molecule has 0 bridgehead atoms. The maximum absolute atomic E-state index is 13.8. The molecule has 14 heavy (non-hydrogen) atoms. The first-order valence-corrected chi connectivity index (χ1v) is 6.06. The van der Waals surface area contributed by atoms with Gasteiger partial charge in [-0.15, -0.1) is 11.3 Å². The Labute approximate surface area is 93.6 Å². The molecule has 0 spiro atoms. The second kappa shape index (κ2) is 3.87. The Hall–Kier alpha value is -0.0000000000000000486. The third kappa shape index (κ3) is 1.85. The molecule has 1 atom stereocenters. The van der Waals surface area contributed by atoms with Gasteiger partial charge in [-0.1, -0.05) is 0 Å². The molecule has 0 saturated carbocycles. The molecule has 1 aliphatic rings. The van der Waals surface area contributed by atoms with Crippen LogP contribution in [-0.2, 0) is 5.92 Å². The number of nitrogens with one attached hydrogen (secondary N) is 1. The molecule has 5 heteroatoms. The fourth-order valence-electron chi connectivity index (χ4n) is 1.66. The molecule has 0 aromatic carbocycles. The van der Waals surface area contributed by atoms with Crippen LogP contribution < -0.4 is 5.32 Å². The van der Waals surface area contributed by atoms with E-state index in [1.807, 2.05) is 0 Å². The minimum absolute atomic E-state index is 0.165. The van der Waals surface area contributed by atoms with Gasteiger partial charge in [-0.25, -0.2) is 8.78 Å². The maximum Gasteiger partial charge on any atom is 0.286 e. The monoisotopic (exact) mass is 281 g/mol. The summed E-state index contributed by atoms with van der Waals surface area (Å²) >= 11 is 4.32. The van der Waals surface area contributed by atoms with E-state index in [1.165, 1.54) is 6.07 Å². The fourth-order valence-corrected chi connectivity index (χ4v) is 3.10. The van der Waals surface area contributed by atoms with E-state index in [0.29, 0.717) is 19.5 Å². The quantitative estimate of drug-likeness (QED) is 0.878. The normalized spacial score (nSPS) is 22.9. The van der Waals surface area contributed by atoms with Gasteiger partial charge in [0.2, 0.25) is 0 Å². The van der Waals surface area contributed by atoms with Crippen molar-refractivity contribution in [3.05, 3.63) is 20.8 Å². The molecule has 2 rings (SSSR count). The van der Waals surface area contributed by atoms with Gasteiger partial charge in [-0.3, -0.25) is 0 Å². The van der Waals surface area contributed by atoms with Crippen LogP contribution in [0.2, 0.25) is 0 Å². The second-order valence-corrected chi connectivity index (χ2v) is 5.88. The van der Waals surface area contributed by atoms with Gasteiger partial charge in [0.15, 0.2) is 0 Å². The van der Waals surface area contributed by atoms with Crippen LogP contribution in [0.25, 0.3) is 0 Å². The predicted molar refractivity (Wildman–Crippen MR) is 56.9 cm³/mol. The lowest BCUT2D eigenvalue weighted by molar-refractivity contribution is -0.0540. The third-order valence-corrected chi connectivity index (χ3v) is 4.18. The Bertz CT molecular complexity index is 320. The summed E-state index contributed by atoms with van der Waals surface area (Å²) in [5, 5.41) is 2.97. The zero-order valence-corrected chi connectivity index (χ0v) is 9.80. The lowest BCUT2D eigenvalue weighted by atomic mass is 9.99. The average molecular weight is 282 g/mol. The maximum atomic E-state index is 13.8. The highest BCUT2D eigenvalue weighted by Gasteiger charge is 2.43. The van der Waals surface area contributed by atoms with Crippen LogP contribution in [-0.4, -0.2) is 13.1 Å². The summed E-state index contributed by atoms with van der Waals surface area (Å²) in [7, 11) is 0. The Morgan fingerprint density at radius 1 is 1.50 bits per heavy atom. The van der Waals surface area contributed by atoms with Crippen molar-refractivity contribution in [3.8, 4) is 0 Å². The molecule has 1 fully saturated rings. The largest absolute Gasteiger partial charge is 0.316 e. The van der Waals surface area contributed by atoms with E-state index in [9.17, 15) is 8.78 Å². The molecule has 1 aromatic heterocycles. The van der Waals surface area contributed by atoms with Gasteiger partial charge in [-0.05, 0) is 41.0 Å². The lowest BCUT2D eigenvalue weighted by Gasteiger charge is -2.20. The molecule has 1 saturated heterocycles. The summed E-state index contributed by atoms with van der Waals surface area (Å²) in [5.41, 5.74) is 0. The smallest absolute Gasteiger partial charge is 0.286 e. The fraction of sp³-hybridized carbons (Fsp3) is 0.556. The Morgan fingerprint density at radius 2 is 2.29 bits per heavy atom. The first kappa shape index (κ1) is 10.5. The Kier molecular flexibility index (Phi) is 2.91. The van der Waals surface area contributed by atoms with Gasteiger partial charge in [0.05, 0.1) is 8.66 Å². The van der Waals surface area contributed by atoms with E-state index in [0.717, 1.165) is 15.1 Å². The molecule has 2 heterocycles. The molecule has 1 N–H and O–H groups in total. The highest BCUT2D eigenvalue weighted by molar-refractivity contribution is 9.11. The molecule has 0 amide bonds. The standard InChI is InChI=1S/C9H10BrF2NS/c10-8-2-1-7(14-8)9(11,12)6-3-4-13-5-6/h1-2,6,13H,3-5H2. The average Bonchev–Trinajstić information content (AvgIpc) is 2.72. The van der Waals surface area contributed by atoms with E-state index in [4.69, 9.17) is 0 Å². The number of halogens is 3.